The van der Waals surface area contributed by atoms with Crippen LogP contribution in [0, 0.1) is 17.7 Å². The van der Waals surface area contributed by atoms with Crippen molar-refractivity contribution >= 4 is 23.6 Å². The highest BCUT2D eigenvalue weighted by Crippen LogP contribution is 2.26. The molecule has 9 heteroatoms. The zero-order valence-corrected chi connectivity index (χ0v) is 24.6. The number of nitrogens with zero attached hydrogens (tertiary/aromatic N) is 2. The first-order valence-corrected chi connectivity index (χ1v) is 14.6. The van der Waals surface area contributed by atoms with E-state index in [9.17, 15) is 18.8 Å². The van der Waals surface area contributed by atoms with E-state index in [2.05, 4.69) is 15.5 Å². The first-order chi connectivity index (χ1) is 19.4. The lowest BCUT2D eigenvalue weighted by Crippen LogP contribution is -2.57. The zero-order valence-electron chi connectivity index (χ0n) is 24.6. The molecule has 3 amide bonds. The Kier molecular flexibility index (Phi) is 10.0. The van der Waals surface area contributed by atoms with Gasteiger partial charge in [0.25, 0.3) is 0 Å². The fourth-order valence-corrected chi connectivity index (χ4v) is 5.82. The van der Waals surface area contributed by atoms with E-state index in [-0.39, 0.29) is 35.7 Å². The number of hydrogen-bond donors (Lipinski definition) is 2. The Morgan fingerprint density at radius 2 is 1.78 bits per heavy atom. The van der Waals surface area contributed by atoms with Crippen LogP contribution in [-0.2, 0) is 11.2 Å². The number of ether oxygens (including phenoxy) is 1. The molecule has 0 aliphatic carbocycles. The monoisotopic (exact) mass is 566 g/mol. The Morgan fingerprint density at radius 1 is 1.02 bits per heavy atom. The zero-order chi connectivity index (χ0) is 29.6. The third-order valence-electron chi connectivity index (χ3n) is 7.76. The van der Waals surface area contributed by atoms with Crippen LogP contribution in [0.25, 0.3) is 0 Å². The summed E-state index contributed by atoms with van der Waals surface area (Å²) in [6.45, 7) is 10.7. The predicted octanol–water partition coefficient (Wildman–Crippen LogP) is 5.73. The molecule has 2 aromatic rings. The predicted molar refractivity (Wildman–Crippen MR) is 158 cm³/mol. The molecule has 0 radical (unpaired) electrons. The SMILES string of the molecule is CC(=O)c1cccc(NC(=O)N[C@H]2CCN(C(=O)OC(C)(C)C)C[C@H]2CN2CCCC(Cc3ccc(F)cc3)C2)c1. The van der Waals surface area contributed by atoms with Crippen LogP contribution < -0.4 is 10.6 Å². The van der Waals surface area contributed by atoms with Gasteiger partial charge in [-0.05, 0) is 95.7 Å². The second-order valence-corrected chi connectivity index (χ2v) is 12.4. The number of rotatable bonds is 7. The first-order valence-electron chi connectivity index (χ1n) is 14.6. The lowest BCUT2D eigenvalue weighted by molar-refractivity contribution is 0.00959. The van der Waals surface area contributed by atoms with Crippen molar-refractivity contribution in [2.45, 2.75) is 65.0 Å². The molecule has 1 unspecified atom stereocenters. The molecular weight excluding hydrogens is 523 g/mol. The summed E-state index contributed by atoms with van der Waals surface area (Å²) in [5.41, 5.74) is 1.64. The third kappa shape index (κ3) is 9.28. The molecule has 41 heavy (non-hydrogen) atoms. The average molecular weight is 567 g/mol. The molecule has 2 N–H and O–H groups in total. The van der Waals surface area contributed by atoms with Gasteiger partial charge in [-0.3, -0.25) is 4.79 Å². The van der Waals surface area contributed by atoms with Crippen molar-refractivity contribution in [2.24, 2.45) is 11.8 Å². The Morgan fingerprint density at radius 3 is 2.49 bits per heavy atom. The largest absolute Gasteiger partial charge is 0.444 e. The van der Waals surface area contributed by atoms with E-state index >= 15 is 0 Å². The lowest BCUT2D eigenvalue weighted by atomic mass is 9.88. The van der Waals surface area contributed by atoms with Crippen LogP contribution in [0.4, 0.5) is 19.7 Å². The van der Waals surface area contributed by atoms with Crippen molar-refractivity contribution in [2.75, 3.05) is 38.0 Å². The average Bonchev–Trinajstić information content (AvgIpc) is 2.90. The van der Waals surface area contributed by atoms with Gasteiger partial charge in [-0.2, -0.15) is 0 Å². The molecule has 2 aliphatic rings. The fourth-order valence-electron chi connectivity index (χ4n) is 5.82. The molecule has 3 atom stereocenters. The Bertz CT molecular complexity index is 1210. The number of carbonyl (C=O) groups excluding carboxylic acids is 3. The van der Waals surface area contributed by atoms with Gasteiger partial charge >= 0.3 is 12.1 Å². The van der Waals surface area contributed by atoms with Gasteiger partial charge in [0.15, 0.2) is 5.78 Å². The quantitative estimate of drug-likeness (QED) is 0.418. The number of likely N-dealkylation sites (tertiary alicyclic amines) is 2. The highest BCUT2D eigenvalue weighted by Gasteiger charge is 2.36. The van der Waals surface area contributed by atoms with E-state index in [1.807, 2.05) is 32.9 Å². The summed E-state index contributed by atoms with van der Waals surface area (Å²) in [5, 5.41) is 6.01. The second kappa shape index (κ2) is 13.5. The maximum atomic E-state index is 13.4. The number of piperidine rings is 2. The summed E-state index contributed by atoms with van der Waals surface area (Å²) in [4.78, 5) is 41.9. The van der Waals surface area contributed by atoms with Crippen molar-refractivity contribution < 1.29 is 23.5 Å². The molecule has 4 rings (SSSR count). The molecule has 0 aromatic heterocycles. The molecule has 0 saturated carbocycles. The normalized spacial score (nSPS) is 21.7. The Hall–Kier alpha value is -3.46. The molecule has 0 bridgehead atoms. The Balaban J connectivity index is 1.42. The molecule has 2 aliphatic heterocycles. The van der Waals surface area contributed by atoms with Crippen molar-refractivity contribution in [1.29, 1.82) is 0 Å². The smallest absolute Gasteiger partial charge is 0.410 e. The van der Waals surface area contributed by atoms with Crippen LogP contribution in [0.5, 0.6) is 0 Å². The standard InChI is InChI=1S/C32H43FN4O4/c1-22(38)25-8-5-9-28(18-25)34-30(39)35-29-14-16-37(31(40)41-32(2,3)4)21-26(29)20-36-15-6-7-24(19-36)17-23-10-12-27(33)13-11-23/h5,8-13,18,24,26,29H,6-7,14-17,19-21H2,1-4H3,(H2,34,35,39)/t24?,26-,29+/m1/s1. The summed E-state index contributed by atoms with van der Waals surface area (Å²) < 4.78 is 19.0. The van der Waals surface area contributed by atoms with E-state index in [4.69, 9.17) is 4.74 Å². The first kappa shape index (κ1) is 30.5. The van der Waals surface area contributed by atoms with Crippen molar-refractivity contribution in [3.8, 4) is 0 Å². The number of hydrogen-bond acceptors (Lipinski definition) is 5. The number of ketones is 1. The molecular formula is C32H43FN4O4. The summed E-state index contributed by atoms with van der Waals surface area (Å²) in [7, 11) is 0. The van der Waals surface area contributed by atoms with E-state index < -0.39 is 5.60 Å². The molecule has 2 fully saturated rings. The van der Waals surface area contributed by atoms with Gasteiger partial charge in [-0.1, -0.05) is 24.3 Å². The summed E-state index contributed by atoms with van der Waals surface area (Å²) in [6.07, 6.45) is 3.36. The second-order valence-electron chi connectivity index (χ2n) is 12.4. The molecule has 2 heterocycles. The number of urea groups is 1. The highest BCUT2D eigenvalue weighted by atomic mass is 19.1. The number of benzene rings is 2. The van der Waals surface area contributed by atoms with Gasteiger partial charge in [0, 0.05) is 49.4 Å². The minimum atomic E-state index is -0.587. The third-order valence-corrected chi connectivity index (χ3v) is 7.76. The molecule has 222 valence electrons. The van der Waals surface area contributed by atoms with Crippen LogP contribution in [0.1, 0.15) is 62.9 Å². The van der Waals surface area contributed by atoms with Gasteiger partial charge < -0.3 is 25.2 Å². The van der Waals surface area contributed by atoms with Crippen LogP contribution >= 0.6 is 0 Å². The number of carbonyl (C=O) groups is 3. The summed E-state index contributed by atoms with van der Waals surface area (Å²) >= 11 is 0. The van der Waals surface area contributed by atoms with Gasteiger partial charge in [0.2, 0.25) is 0 Å². The van der Waals surface area contributed by atoms with Crippen molar-refractivity contribution in [1.82, 2.24) is 15.1 Å². The fraction of sp³-hybridized carbons (Fsp3) is 0.531. The Labute approximate surface area is 242 Å². The molecule has 2 saturated heterocycles. The van der Waals surface area contributed by atoms with Gasteiger partial charge in [0.1, 0.15) is 11.4 Å². The minimum Gasteiger partial charge on any atom is -0.444 e. The lowest BCUT2D eigenvalue weighted by Gasteiger charge is -2.42. The van der Waals surface area contributed by atoms with Crippen LogP contribution in [-0.4, -0.2) is 72.1 Å². The number of Topliss-reactive ketones (excluding diaryl/α,β-unsaturated/α-hetero) is 1. The van der Waals surface area contributed by atoms with E-state index in [0.29, 0.717) is 36.7 Å². The molecule has 2 aromatic carbocycles. The topological polar surface area (TPSA) is 91.0 Å². The molecule has 8 nitrogen and oxygen atoms in total. The summed E-state index contributed by atoms with van der Waals surface area (Å²) in [6, 6.07) is 13.2. The number of anilines is 1. The van der Waals surface area contributed by atoms with Gasteiger partial charge in [-0.15, -0.1) is 0 Å². The number of amides is 3. The van der Waals surface area contributed by atoms with Gasteiger partial charge in [-0.25, -0.2) is 14.0 Å². The van der Waals surface area contributed by atoms with Crippen LogP contribution in [0.15, 0.2) is 48.5 Å². The van der Waals surface area contributed by atoms with Crippen LogP contribution in [0.3, 0.4) is 0 Å². The summed E-state index contributed by atoms with van der Waals surface area (Å²) in [5.74, 6) is 0.182. The number of halogens is 1. The minimum absolute atomic E-state index is 0.00939. The maximum absolute atomic E-state index is 13.4. The van der Waals surface area contributed by atoms with E-state index in [1.165, 1.54) is 19.1 Å². The highest BCUT2D eigenvalue weighted by molar-refractivity contribution is 5.96. The van der Waals surface area contributed by atoms with Crippen LogP contribution in [0.2, 0.25) is 0 Å². The van der Waals surface area contributed by atoms with E-state index in [0.717, 1.165) is 44.5 Å². The van der Waals surface area contributed by atoms with E-state index in [1.54, 1.807) is 29.2 Å². The van der Waals surface area contributed by atoms with Gasteiger partial charge in [0.05, 0.1) is 0 Å². The molecule has 0 spiro atoms. The van der Waals surface area contributed by atoms with Crippen molar-refractivity contribution in [3.63, 3.8) is 0 Å². The van der Waals surface area contributed by atoms with Crippen molar-refractivity contribution in [3.05, 3.63) is 65.5 Å². The maximum Gasteiger partial charge on any atom is 0.410 e. The number of nitrogens with one attached hydrogen (secondary N) is 2.